The van der Waals surface area contributed by atoms with Gasteiger partial charge in [-0.05, 0) is 23.3 Å². The summed E-state index contributed by atoms with van der Waals surface area (Å²) in [7, 11) is 0. The molecular weight excluding hydrogens is 564 g/mol. The van der Waals surface area contributed by atoms with Crippen LogP contribution in [0.2, 0.25) is 5.02 Å². The molecule has 0 saturated carbocycles. The fourth-order valence-corrected chi connectivity index (χ4v) is 6.07. The fraction of sp³-hybridized carbons (Fsp3) is 0.212. The number of nitrogens with one attached hydrogen (secondary N) is 1. The number of aromatic nitrogens is 1. The van der Waals surface area contributed by atoms with E-state index in [-0.39, 0.29) is 44.0 Å². The number of amides is 4. The smallest absolute Gasteiger partial charge is 0.332 e. The van der Waals surface area contributed by atoms with E-state index in [4.69, 9.17) is 11.6 Å². The van der Waals surface area contributed by atoms with Gasteiger partial charge in [0.1, 0.15) is 12.2 Å². The molecule has 2 saturated heterocycles. The summed E-state index contributed by atoms with van der Waals surface area (Å²) in [6.07, 6.45) is 2.73. The van der Waals surface area contributed by atoms with E-state index in [1.165, 1.54) is 5.01 Å². The van der Waals surface area contributed by atoms with E-state index >= 15 is 0 Å². The maximum Gasteiger partial charge on any atom is 0.332 e. The van der Waals surface area contributed by atoms with Crippen LogP contribution in [0, 0.1) is 0 Å². The molecule has 1 N–H and O–H groups in total. The Labute approximate surface area is 254 Å². The van der Waals surface area contributed by atoms with Gasteiger partial charge in [-0.3, -0.25) is 19.6 Å². The van der Waals surface area contributed by atoms with Crippen molar-refractivity contribution < 1.29 is 14.4 Å². The highest BCUT2D eigenvalue weighted by atomic mass is 35.5. The summed E-state index contributed by atoms with van der Waals surface area (Å²) in [6, 6.07) is 25.2. The van der Waals surface area contributed by atoms with Crippen molar-refractivity contribution in [3.05, 3.63) is 125 Å². The van der Waals surface area contributed by atoms with Gasteiger partial charge in [0.25, 0.3) is 5.91 Å². The second-order valence-corrected chi connectivity index (χ2v) is 10.9. The second-order valence-electron chi connectivity index (χ2n) is 10.5. The average Bonchev–Trinajstić information content (AvgIpc) is 3.36. The summed E-state index contributed by atoms with van der Waals surface area (Å²) in [5.74, 6) is -0.452. The Morgan fingerprint density at radius 1 is 1.02 bits per heavy atom. The molecular formula is C33H31ClN6O3. The Kier molecular flexibility index (Phi) is 8.09. The van der Waals surface area contributed by atoms with Crippen LogP contribution < -0.4 is 5.32 Å². The summed E-state index contributed by atoms with van der Waals surface area (Å²) in [5.41, 5.74) is 3.10. The molecule has 0 spiro atoms. The number of hydrogen-bond donors (Lipinski definition) is 1. The quantitative estimate of drug-likeness (QED) is 0.297. The predicted octanol–water partition coefficient (Wildman–Crippen LogP) is 4.75. The number of piperazine rings is 1. The first-order chi connectivity index (χ1) is 21.0. The van der Waals surface area contributed by atoms with Crippen LogP contribution in [0.1, 0.15) is 22.7 Å². The van der Waals surface area contributed by atoms with Crippen LogP contribution in [0.3, 0.4) is 0 Å². The fourth-order valence-electron chi connectivity index (χ4n) is 5.85. The average molecular weight is 595 g/mol. The van der Waals surface area contributed by atoms with E-state index in [2.05, 4.69) is 16.9 Å². The second kappa shape index (κ2) is 12.2. The first-order valence-corrected chi connectivity index (χ1v) is 14.5. The summed E-state index contributed by atoms with van der Waals surface area (Å²) in [4.78, 5) is 49.3. The molecule has 2 fully saturated rings. The van der Waals surface area contributed by atoms with Crippen molar-refractivity contribution in [3.8, 4) is 0 Å². The molecule has 4 amide bonds. The van der Waals surface area contributed by atoms with Crippen LogP contribution >= 0.6 is 11.6 Å². The van der Waals surface area contributed by atoms with Crippen molar-refractivity contribution in [2.75, 3.05) is 19.6 Å². The molecule has 0 bridgehead atoms. The maximum absolute atomic E-state index is 14.2. The molecule has 0 unspecified atom stereocenters. The zero-order valence-corrected chi connectivity index (χ0v) is 24.2. The van der Waals surface area contributed by atoms with E-state index in [1.807, 2.05) is 84.9 Å². The summed E-state index contributed by atoms with van der Waals surface area (Å²) < 4.78 is 0. The topological polar surface area (TPSA) is 89.1 Å². The zero-order valence-electron chi connectivity index (χ0n) is 23.5. The van der Waals surface area contributed by atoms with E-state index in [9.17, 15) is 14.4 Å². The van der Waals surface area contributed by atoms with Crippen LogP contribution in [0.25, 0.3) is 10.9 Å². The molecule has 2 atom stereocenters. The monoisotopic (exact) mass is 594 g/mol. The molecule has 3 heterocycles. The molecule has 0 radical (unpaired) electrons. The van der Waals surface area contributed by atoms with Gasteiger partial charge in [-0.1, -0.05) is 90.5 Å². The van der Waals surface area contributed by atoms with Crippen molar-refractivity contribution in [1.82, 2.24) is 30.1 Å². The SMILES string of the molecule is C=CCN(C(=O)NCc1ccccc1)N1CC(=O)N2[C@@H](c3ccccc3)C(=O)N(Cc3c(Cl)ccc4cccnc34)C[C@@H]21. The van der Waals surface area contributed by atoms with Gasteiger partial charge in [-0.15, -0.1) is 6.58 Å². The third kappa shape index (κ3) is 5.57. The molecule has 6 rings (SSSR count). The lowest BCUT2D eigenvalue weighted by atomic mass is 9.99. The Bertz CT molecular complexity index is 1670. The number of hydrazine groups is 1. The Morgan fingerprint density at radius 2 is 1.77 bits per heavy atom. The van der Waals surface area contributed by atoms with E-state index in [0.29, 0.717) is 17.1 Å². The van der Waals surface area contributed by atoms with Gasteiger partial charge < -0.3 is 15.1 Å². The molecule has 10 heteroatoms. The minimum Gasteiger partial charge on any atom is -0.333 e. The number of pyridine rings is 1. The summed E-state index contributed by atoms with van der Waals surface area (Å²) in [5, 5.41) is 7.62. The number of hydrogen-bond acceptors (Lipinski definition) is 5. The van der Waals surface area contributed by atoms with Gasteiger partial charge in [0.05, 0.1) is 25.2 Å². The van der Waals surface area contributed by atoms with Crippen molar-refractivity contribution in [2.45, 2.75) is 25.3 Å². The molecule has 2 aliphatic heterocycles. The highest BCUT2D eigenvalue weighted by molar-refractivity contribution is 6.32. The minimum atomic E-state index is -0.864. The van der Waals surface area contributed by atoms with Crippen LogP contribution in [0.4, 0.5) is 4.79 Å². The van der Waals surface area contributed by atoms with Crippen LogP contribution in [-0.4, -0.2) is 68.4 Å². The van der Waals surface area contributed by atoms with Gasteiger partial charge >= 0.3 is 6.03 Å². The predicted molar refractivity (Wildman–Crippen MR) is 164 cm³/mol. The van der Waals surface area contributed by atoms with Crippen molar-refractivity contribution in [1.29, 1.82) is 0 Å². The third-order valence-electron chi connectivity index (χ3n) is 7.88. The van der Waals surface area contributed by atoms with Crippen molar-refractivity contribution in [2.24, 2.45) is 0 Å². The first-order valence-electron chi connectivity index (χ1n) is 14.1. The molecule has 4 aromatic rings. The number of urea groups is 1. The lowest BCUT2D eigenvalue weighted by Gasteiger charge is -2.46. The third-order valence-corrected chi connectivity index (χ3v) is 8.23. The van der Waals surface area contributed by atoms with Gasteiger partial charge in [0, 0.05) is 35.3 Å². The summed E-state index contributed by atoms with van der Waals surface area (Å²) in [6.45, 7) is 4.67. The van der Waals surface area contributed by atoms with Gasteiger partial charge in [-0.2, -0.15) is 5.01 Å². The number of benzene rings is 3. The van der Waals surface area contributed by atoms with Gasteiger partial charge in [-0.25, -0.2) is 4.79 Å². The molecule has 2 aliphatic rings. The van der Waals surface area contributed by atoms with Gasteiger partial charge in [0.2, 0.25) is 5.91 Å². The Morgan fingerprint density at radius 3 is 2.51 bits per heavy atom. The van der Waals surface area contributed by atoms with Crippen LogP contribution in [0.15, 0.2) is 104 Å². The highest BCUT2D eigenvalue weighted by Crippen LogP contribution is 2.37. The molecule has 3 aromatic carbocycles. The standard InChI is InChI=1S/C33H31ClN6O3/c1-2-18-38(33(43)36-19-23-10-5-3-6-11-23)39-22-29(41)40-28(39)21-37(32(42)31(40)25-12-7-4-8-13-25)20-26-27(34)16-15-24-14-9-17-35-30(24)26/h2-17,28,31H,1,18-22H2,(H,36,43)/t28-,31+/m1/s1. The lowest BCUT2D eigenvalue weighted by molar-refractivity contribution is -0.158. The zero-order chi connectivity index (χ0) is 29.9. The molecule has 1 aromatic heterocycles. The first kappa shape index (κ1) is 28.4. The Balaban J connectivity index is 1.35. The largest absolute Gasteiger partial charge is 0.333 e. The van der Waals surface area contributed by atoms with Crippen LogP contribution in [0.5, 0.6) is 0 Å². The van der Waals surface area contributed by atoms with Crippen LogP contribution in [-0.2, 0) is 22.7 Å². The molecule has 218 valence electrons. The van der Waals surface area contributed by atoms with E-state index in [1.54, 1.807) is 27.1 Å². The lowest BCUT2D eigenvalue weighted by Crippen LogP contribution is -2.62. The molecule has 9 nitrogen and oxygen atoms in total. The maximum atomic E-state index is 14.2. The van der Waals surface area contributed by atoms with E-state index < -0.39 is 12.2 Å². The summed E-state index contributed by atoms with van der Waals surface area (Å²) >= 11 is 6.68. The van der Waals surface area contributed by atoms with Crippen molar-refractivity contribution >= 4 is 40.3 Å². The minimum absolute atomic E-state index is 0.0572. The van der Waals surface area contributed by atoms with Gasteiger partial charge in [0.15, 0.2) is 0 Å². The highest BCUT2D eigenvalue weighted by Gasteiger charge is 2.52. The van der Waals surface area contributed by atoms with E-state index in [0.717, 1.165) is 22.0 Å². The number of nitrogens with zero attached hydrogens (tertiary/aromatic N) is 5. The Hall–Kier alpha value is -4.73. The number of halogens is 1. The molecule has 0 aliphatic carbocycles. The molecule has 43 heavy (non-hydrogen) atoms. The van der Waals surface area contributed by atoms with Crippen molar-refractivity contribution in [3.63, 3.8) is 0 Å². The normalized spacial score (nSPS) is 18.5. The number of rotatable bonds is 8. The number of carbonyl (C=O) groups excluding carboxylic acids is 3. The number of fused-ring (bicyclic) bond motifs is 2. The number of carbonyl (C=O) groups is 3.